The first-order valence-corrected chi connectivity index (χ1v) is 8.06. The van der Waals surface area contributed by atoms with Crippen LogP contribution in [0.15, 0.2) is 30.7 Å². The van der Waals surface area contributed by atoms with Gasteiger partial charge >= 0.3 is 0 Å². The Morgan fingerprint density at radius 2 is 2.04 bits per heavy atom. The summed E-state index contributed by atoms with van der Waals surface area (Å²) < 4.78 is 5.45. The molecule has 0 aliphatic heterocycles. The lowest BCUT2D eigenvalue weighted by Gasteiger charge is -2.15. The number of H-pyrrole nitrogens is 2. The van der Waals surface area contributed by atoms with Crippen LogP contribution in [-0.4, -0.2) is 32.3 Å². The maximum atomic E-state index is 9.87. The van der Waals surface area contributed by atoms with Crippen LogP contribution in [0.3, 0.4) is 0 Å². The fourth-order valence-electron chi connectivity index (χ4n) is 3.31. The topological polar surface area (TPSA) is 103 Å². The SMILES string of the molecule is COc1ccc(C)c(-c2cnc3[nH]c(-c4ncn[nH]4)cc3c2C#N)c1C. The van der Waals surface area contributed by atoms with Crippen LogP contribution in [-0.2, 0) is 0 Å². The number of aromatic amines is 2. The molecule has 0 amide bonds. The van der Waals surface area contributed by atoms with Crippen LogP contribution < -0.4 is 4.74 Å². The number of aryl methyl sites for hydroxylation is 1. The van der Waals surface area contributed by atoms with Gasteiger partial charge in [-0.1, -0.05) is 6.07 Å². The highest BCUT2D eigenvalue weighted by Crippen LogP contribution is 2.37. The van der Waals surface area contributed by atoms with Crippen LogP contribution in [0, 0.1) is 25.2 Å². The monoisotopic (exact) mass is 344 g/mol. The average molecular weight is 344 g/mol. The maximum absolute atomic E-state index is 9.87. The largest absolute Gasteiger partial charge is 0.496 e. The van der Waals surface area contributed by atoms with Crippen molar-refractivity contribution < 1.29 is 4.74 Å². The summed E-state index contributed by atoms with van der Waals surface area (Å²) in [7, 11) is 1.64. The van der Waals surface area contributed by atoms with Gasteiger partial charge in [-0.05, 0) is 42.7 Å². The number of nitrogens with one attached hydrogen (secondary N) is 2. The molecule has 0 atom stereocenters. The molecule has 128 valence electrons. The fraction of sp³-hybridized carbons (Fsp3) is 0.158. The van der Waals surface area contributed by atoms with Crippen LogP contribution >= 0.6 is 0 Å². The lowest BCUT2D eigenvalue weighted by Crippen LogP contribution is -1.96. The van der Waals surface area contributed by atoms with Crippen molar-refractivity contribution in [3.63, 3.8) is 0 Å². The maximum Gasteiger partial charge on any atom is 0.171 e. The molecule has 3 aromatic heterocycles. The fourth-order valence-corrected chi connectivity index (χ4v) is 3.31. The van der Waals surface area contributed by atoms with Crippen LogP contribution in [0.4, 0.5) is 0 Å². The standard InChI is InChI=1S/C19H16N6O/c1-10-4-5-16(26-3)11(2)17(10)14-8-21-18-12(13(14)7-20)6-15(24-18)19-22-9-23-25-19/h4-6,8-9H,1-3H3,(H,21,24)(H,22,23,25). The Kier molecular flexibility index (Phi) is 3.66. The molecule has 4 rings (SSSR count). The van der Waals surface area contributed by atoms with Gasteiger partial charge in [0.05, 0.1) is 18.4 Å². The molecule has 0 radical (unpaired) electrons. The molecule has 26 heavy (non-hydrogen) atoms. The quantitative estimate of drug-likeness (QED) is 0.592. The van der Waals surface area contributed by atoms with Crippen molar-refractivity contribution in [2.45, 2.75) is 13.8 Å². The summed E-state index contributed by atoms with van der Waals surface area (Å²) >= 11 is 0. The lowest BCUT2D eigenvalue weighted by molar-refractivity contribution is 0.412. The third-order valence-corrected chi connectivity index (χ3v) is 4.55. The molecule has 0 aliphatic rings. The zero-order chi connectivity index (χ0) is 18.3. The van der Waals surface area contributed by atoms with Gasteiger partial charge in [-0.2, -0.15) is 10.4 Å². The Bertz CT molecular complexity index is 1150. The molecule has 0 fully saturated rings. The average Bonchev–Trinajstić information content (AvgIpc) is 3.31. The summed E-state index contributed by atoms with van der Waals surface area (Å²) in [6.07, 6.45) is 3.17. The van der Waals surface area contributed by atoms with E-state index in [4.69, 9.17) is 4.74 Å². The minimum absolute atomic E-state index is 0.566. The van der Waals surface area contributed by atoms with E-state index in [1.165, 1.54) is 6.33 Å². The second-order valence-electron chi connectivity index (χ2n) is 6.02. The molecule has 3 heterocycles. The first-order chi connectivity index (χ1) is 12.6. The van der Waals surface area contributed by atoms with Crippen molar-refractivity contribution in [2.75, 3.05) is 7.11 Å². The number of hydrogen-bond acceptors (Lipinski definition) is 5. The highest BCUT2D eigenvalue weighted by Gasteiger charge is 2.18. The number of methoxy groups -OCH3 is 1. The number of hydrogen-bond donors (Lipinski definition) is 2. The van der Waals surface area contributed by atoms with Crippen molar-refractivity contribution in [2.24, 2.45) is 0 Å². The van der Waals surface area contributed by atoms with Gasteiger partial charge < -0.3 is 9.72 Å². The van der Waals surface area contributed by atoms with Gasteiger partial charge in [0.2, 0.25) is 0 Å². The van der Waals surface area contributed by atoms with Crippen molar-refractivity contribution in [3.8, 4) is 34.5 Å². The van der Waals surface area contributed by atoms with E-state index < -0.39 is 0 Å². The van der Waals surface area contributed by atoms with E-state index in [1.54, 1.807) is 13.3 Å². The lowest BCUT2D eigenvalue weighted by atomic mass is 9.92. The second kappa shape index (κ2) is 6.01. The first-order valence-electron chi connectivity index (χ1n) is 8.06. The molecule has 2 N–H and O–H groups in total. The smallest absolute Gasteiger partial charge is 0.171 e. The number of pyridine rings is 1. The molecular formula is C19H16N6O. The van der Waals surface area contributed by atoms with Gasteiger partial charge in [-0.3, -0.25) is 5.10 Å². The van der Waals surface area contributed by atoms with E-state index in [2.05, 4.69) is 31.2 Å². The van der Waals surface area contributed by atoms with Crippen LogP contribution in [0.25, 0.3) is 33.7 Å². The zero-order valence-electron chi connectivity index (χ0n) is 14.6. The second-order valence-corrected chi connectivity index (χ2v) is 6.02. The van der Waals surface area contributed by atoms with Crippen molar-refractivity contribution in [1.82, 2.24) is 25.1 Å². The molecule has 0 unspecified atom stereocenters. The van der Waals surface area contributed by atoms with E-state index in [0.29, 0.717) is 17.0 Å². The Hall–Kier alpha value is -3.66. The van der Waals surface area contributed by atoms with E-state index in [1.807, 2.05) is 32.0 Å². The number of nitrogens with zero attached hydrogens (tertiary/aromatic N) is 4. The van der Waals surface area contributed by atoms with Crippen molar-refractivity contribution in [1.29, 1.82) is 5.26 Å². The Labute approximate surface area is 149 Å². The first kappa shape index (κ1) is 15.8. The van der Waals surface area contributed by atoms with Crippen molar-refractivity contribution in [3.05, 3.63) is 47.4 Å². The number of rotatable bonds is 3. The van der Waals surface area contributed by atoms with Crippen molar-refractivity contribution >= 4 is 11.0 Å². The third-order valence-electron chi connectivity index (χ3n) is 4.55. The molecule has 7 nitrogen and oxygen atoms in total. The molecule has 0 spiro atoms. The summed E-state index contributed by atoms with van der Waals surface area (Å²) in [5, 5.41) is 17.3. The van der Waals surface area contributed by atoms with Gasteiger partial charge in [0.1, 0.15) is 23.8 Å². The van der Waals surface area contributed by atoms with Crippen LogP contribution in [0.5, 0.6) is 5.75 Å². The van der Waals surface area contributed by atoms with Gasteiger partial charge in [0, 0.05) is 17.1 Å². The molecule has 0 saturated carbocycles. The third kappa shape index (κ3) is 2.31. The summed E-state index contributed by atoms with van der Waals surface area (Å²) in [6, 6.07) is 8.14. The normalized spacial score (nSPS) is 10.8. The summed E-state index contributed by atoms with van der Waals surface area (Å²) in [5.41, 5.74) is 5.74. The molecular weight excluding hydrogens is 328 g/mol. The van der Waals surface area contributed by atoms with Gasteiger partial charge in [-0.25, -0.2) is 9.97 Å². The zero-order valence-corrected chi connectivity index (χ0v) is 14.6. The van der Waals surface area contributed by atoms with E-state index in [-0.39, 0.29) is 0 Å². The molecule has 0 bridgehead atoms. The Balaban J connectivity index is 1.99. The van der Waals surface area contributed by atoms with E-state index in [9.17, 15) is 5.26 Å². The summed E-state index contributed by atoms with van der Waals surface area (Å²) in [4.78, 5) is 11.9. The minimum Gasteiger partial charge on any atom is -0.496 e. The molecule has 0 aliphatic carbocycles. The molecule has 0 saturated heterocycles. The predicted molar refractivity (Wildman–Crippen MR) is 97.6 cm³/mol. The minimum atomic E-state index is 0.566. The van der Waals surface area contributed by atoms with Crippen LogP contribution in [0.2, 0.25) is 0 Å². The van der Waals surface area contributed by atoms with E-state index in [0.717, 1.165) is 39.1 Å². The number of benzene rings is 1. The van der Waals surface area contributed by atoms with Gasteiger partial charge in [0.25, 0.3) is 0 Å². The Morgan fingerprint density at radius 1 is 1.19 bits per heavy atom. The summed E-state index contributed by atoms with van der Waals surface area (Å²) in [6.45, 7) is 4.01. The number of fused-ring (bicyclic) bond motifs is 1. The Morgan fingerprint density at radius 3 is 2.73 bits per heavy atom. The number of aromatic nitrogens is 5. The molecule has 1 aromatic carbocycles. The van der Waals surface area contributed by atoms with E-state index >= 15 is 0 Å². The van der Waals surface area contributed by atoms with Gasteiger partial charge in [0.15, 0.2) is 5.82 Å². The van der Waals surface area contributed by atoms with Crippen LogP contribution in [0.1, 0.15) is 16.7 Å². The molecule has 7 heteroatoms. The highest BCUT2D eigenvalue weighted by molar-refractivity contribution is 5.94. The predicted octanol–water partition coefficient (Wildman–Crippen LogP) is 3.51. The number of ether oxygens (including phenoxy) is 1. The van der Waals surface area contributed by atoms with Gasteiger partial charge in [-0.15, -0.1) is 0 Å². The number of nitriles is 1. The summed E-state index contributed by atoms with van der Waals surface area (Å²) in [5.74, 6) is 1.38. The highest BCUT2D eigenvalue weighted by atomic mass is 16.5. The molecule has 4 aromatic rings.